The molecule has 2 heterocycles. The number of fused-ring (bicyclic) bond motifs is 5. The van der Waals surface area contributed by atoms with E-state index in [9.17, 15) is 5.11 Å². The van der Waals surface area contributed by atoms with Crippen molar-refractivity contribution >= 4 is 0 Å². The van der Waals surface area contributed by atoms with Gasteiger partial charge in [-0.15, -0.1) is 0 Å². The molecule has 0 radical (unpaired) electrons. The molecule has 0 bridgehead atoms. The maximum Gasteiger partial charge on any atom is 0.0751 e. The zero-order valence-corrected chi connectivity index (χ0v) is 21.7. The predicted molar refractivity (Wildman–Crippen MR) is 133 cm³/mol. The van der Waals surface area contributed by atoms with Gasteiger partial charge in [0.05, 0.1) is 19.3 Å². The van der Waals surface area contributed by atoms with E-state index in [2.05, 4.69) is 30.6 Å². The molecule has 1 N–H and O–H groups in total. The highest BCUT2D eigenvalue weighted by atomic mass is 16.5. The molecule has 33 heavy (non-hydrogen) atoms. The fraction of sp³-hybridized carbons (Fsp3) is 1.00. The van der Waals surface area contributed by atoms with E-state index in [-0.39, 0.29) is 11.5 Å². The van der Waals surface area contributed by atoms with Crippen LogP contribution in [0.1, 0.15) is 85.0 Å². The molecule has 0 amide bonds. The van der Waals surface area contributed by atoms with Crippen molar-refractivity contribution in [1.82, 2.24) is 9.80 Å². The smallest absolute Gasteiger partial charge is 0.0751 e. The number of ether oxygens (including phenoxy) is 1. The summed E-state index contributed by atoms with van der Waals surface area (Å²) in [5.74, 6) is 4.19. The van der Waals surface area contributed by atoms with Crippen LogP contribution < -0.4 is 0 Å². The molecule has 4 aliphatic carbocycles. The van der Waals surface area contributed by atoms with Gasteiger partial charge in [0.2, 0.25) is 0 Å². The van der Waals surface area contributed by atoms with Gasteiger partial charge in [-0.1, -0.05) is 27.2 Å². The quantitative estimate of drug-likeness (QED) is 0.645. The van der Waals surface area contributed by atoms with Crippen LogP contribution >= 0.6 is 0 Å². The van der Waals surface area contributed by atoms with E-state index in [0.717, 1.165) is 61.9 Å². The van der Waals surface area contributed by atoms with E-state index >= 15 is 0 Å². The summed E-state index contributed by atoms with van der Waals surface area (Å²) in [6.07, 6.45) is 13.5. The van der Waals surface area contributed by atoms with Gasteiger partial charge in [-0.25, -0.2) is 0 Å². The molecule has 6 fully saturated rings. The summed E-state index contributed by atoms with van der Waals surface area (Å²) in [6, 6.07) is 1.18. The fourth-order valence-corrected chi connectivity index (χ4v) is 10.5. The average molecular weight is 459 g/mol. The van der Waals surface area contributed by atoms with Crippen LogP contribution in [-0.2, 0) is 4.74 Å². The molecule has 0 aromatic carbocycles. The fourth-order valence-electron chi connectivity index (χ4n) is 10.5. The van der Waals surface area contributed by atoms with Crippen LogP contribution in [0, 0.1) is 40.4 Å². The first-order chi connectivity index (χ1) is 15.9. The van der Waals surface area contributed by atoms with Crippen LogP contribution in [0.2, 0.25) is 0 Å². The second kappa shape index (κ2) is 8.75. The molecule has 2 aliphatic heterocycles. The van der Waals surface area contributed by atoms with Crippen LogP contribution in [0.25, 0.3) is 0 Å². The summed E-state index contributed by atoms with van der Waals surface area (Å²) in [5.41, 5.74) is 0.645. The second-order valence-corrected chi connectivity index (χ2v) is 13.7. The number of hydrogen-bond acceptors (Lipinski definition) is 4. The molecule has 6 aliphatic rings. The Hall–Kier alpha value is -0.160. The number of likely N-dealkylation sites (tertiary alicyclic amines) is 1. The van der Waals surface area contributed by atoms with Crippen LogP contribution in [0.15, 0.2) is 0 Å². The largest absolute Gasteiger partial charge is 0.391 e. The lowest BCUT2D eigenvalue weighted by atomic mass is 9.44. The molecule has 0 unspecified atom stereocenters. The molecule has 188 valence electrons. The Morgan fingerprint density at radius 3 is 2.27 bits per heavy atom. The van der Waals surface area contributed by atoms with Crippen molar-refractivity contribution in [3.05, 3.63) is 0 Å². The minimum atomic E-state index is -0.112. The summed E-state index contributed by atoms with van der Waals surface area (Å²) in [4.78, 5) is 5.48. The Bertz CT molecular complexity index is 704. The Kier molecular flexibility index (Phi) is 6.16. The molecular formula is C29H50N2O2. The number of rotatable bonds is 2. The highest BCUT2D eigenvalue weighted by molar-refractivity contribution is 5.14. The van der Waals surface area contributed by atoms with Crippen molar-refractivity contribution in [3.63, 3.8) is 0 Å². The first kappa shape index (κ1) is 23.3. The van der Waals surface area contributed by atoms with Gasteiger partial charge in [0.25, 0.3) is 0 Å². The average Bonchev–Trinajstić information content (AvgIpc) is 3.11. The minimum Gasteiger partial charge on any atom is -0.391 e. The number of nitrogens with zero attached hydrogens (tertiary/aromatic N) is 2. The standard InChI is InChI=1S/C29H50N2O2/c1-20-17-21-7-8-22-23(29(21,3)19-26(20)31-13-15-33-16-14-31)9-10-28(2)24(22)18-25(27(28)32)30-11-5-4-6-12-30/h20-27,32H,4-19H2,1-3H3/t20-,21-,22+,23-,24-,25-,26-,27-,28-,29-/m0/s1. The van der Waals surface area contributed by atoms with E-state index in [0.29, 0.717) is 11.5 Å². The van der Waals surface area contributed by atoms with E-state index in [1.54, 1.807) is 0 Å². The van der Waals surface area contributed by atoms with Crippen molar-refractivity contribution in [1.29, 1.82) is 0 Å². The van der Waals surface area contributed by atoms with E-state index in [4.69, 9.17) is 4.74 Å². The Balaban J connectivity index is 1.24. The predicted octanol–water partition coefficient (Wildman–Crippen LogP) is 4.80. The van der Waals surface area contributed by atoms with E-state index in [1.165, 1.54) is 77.3 Å². The molecule has 0 aromatic heterocycles. The number of hydrogen-bond donors (Lipinski definition) is 1. The molecule has 4 nitrogen and oxygen atoms in total. The van der Waals surface area contributed by atoms with Gasteiger partial charge in [-0.2, -0.15) is 0 Å². The maximum absolute atomic E-state index is 11.7. The lowest BCUT2D eigenvalue weighted by Gasteiger charge is -2.62. The van der Waals surface area contributed by atoms with Crippen LogP contribution in [0.5, 0.6) is 0 Å². The molecule has 0 spiro atoms. The molecular weight excluding hydrogens is 408 g/mol. The zero-order valence-electron chi connectivity index (χ0n) is 21.7. The third kappa shape index (κ3) is 3.67. The third-order valence-corrected chi connectivity index (χ3v) is 12.4. The lowest BCUT2D eigenvalue weighted by Crippen LogP contribution is -2.59. The van der Waals surface area contributed by atoms with Crippen LogP contribution in [-0.4, -0.2) is 72.5 Å². The first-order valence-electron chi connectivity index (χ1n) is 14.7. The number of aliphatic hydroxyl groups excluding tert-OH is 1. The second-order valence-electron chi connectivity index (χ2n) is 13.7. The topological polar surface area (TPSA) is 35.9 Å². The number of aliphatic hydroxyl groups is 1. The minimum absolute atomic E-state index is 0.112. The molecule has 4 heteroatoms. The SMILES string of the molecule is C[C@H]1C[C@@H]2CC[C@@H]3[C@H](CC[C@]4(C)[C@@H](O)[C@@H](N5CCCCC5)C[C@@H]34)[C@@]2(C)C[C@@H]1N1CCOCC1. The first-order valence-corrected chi connectivity index (χ1v) is 14.7. The van der Waals surface area contributed by atoms with Crippen molar-refractivity contribution in [2.45, 2.75) is 103 Å². The normalized spacial score (nSPS) is 53.8. The summed E-state index contributed by atoms with van der Waals surface area (Å²) >= 11 is 0. The van der Waals surface area contributed by atoms with Gasteiger partial charge in [-0.3, -0.25) is 9.80 Å². The maximum atomic E-state index is 11.7. The van der Waals surface area contributed by atoms with Gasteiger partial charge in [-0.05, 0) is 111 Å². The third-order valence-electron chi connectivity index (χ3n) is 12.4. The van der Waals surface area contributed by atoms with Gasteiger partial charge in [0, 0.05) is 25.2 Å². The van der Waals surface area contributed by atoms with Crippen molar-refractivity contribution in [2.75, 3.05) is 39.4 Å². The number of piperidine rings is 1. The molecule has 0 aromatic rings. The van der Waals surface area contributed by atoms with Crippen LogP contribution in [0.3, 0.4) is 0 Å². The molecule has 4 saturated carbocycles. The molecule has 2 saturated heterocycles. The molecule has 6 rings (SSSR count). The number of morpholine rings is 1. The Labute approximate surface area is 202 Å². The summed E-state index contributed by atoms with van der Waals surface area (Å²) < 4.78 is 5.70. The van der Waals surface area contributed by atoms with Crippen molar-refractivity contribution in [3.8, 4) is 0 Å². The lowest BCUT2D eigenvalue weighted by molar-refractivity contribution is -0.145. The zero-order chi connectivity index (χ0) is 22.8. The van der Waals surface area contributed by atoms with Crippen molar-refractivity contribution in [2.24, 2.45) is 40.4 Å². The summed E-state index contributed by atoms with van der Waals surface area (Å²) in [6.45, 7) is 14.3. The van der Waals surface area contributed by atoms with E-state index < -0.39 is 0 Å². The van der Waals surface area contributed by atoms with Crippen LogP contribution in [0.4, 0.5) is 0 Å². The van der Waals surface area contributed by atoms with Crippen molar-refractivity contribution < 1.29 is 9.84 Å². The van der Waals surface area contributed by atoms with Gasteiger partial charge in [0.15, 0.2) is 0 Å². The monoisotopic (exact) mass is 458 g/mol. The van der Waals surface area contributed by atoms with Gasteiger partial charge in [0.1, 0.15) is 0 Å². The van der Waals surface area contributed by atoms with Gasteiger partial charge < -0.3 is 9.84 Å². The Morgan fingerprint density at radius 1 is 0.788 bits per heavy atom. The highest BCUT2D eigenvalue weighted by Crippen LogP contribution is 2.67. The highest BCUT2D eigenvalue weighted by Gasteiger charge is 2.63. The van der Waals surface area contributed by atoms with Gasteiger partial charge >= 0.3 is 0 Å². The Morgan fingerprint density at radius 2 is 1.52 bits per heavy atom. The van der Waals surface area contributed by atoms with E-state index in [1.807, 2.05) is 0 Å². The summed E-state index contributed by atoms with van der Waals surface area (Å²) in [5, 5.41) is 11.7. The molecule has 10 atom stereocenters. The summed E-state index contributed by atoms with van der Waals surface area (Å²) in [7, 11) is 0.